The number of nitrogens with one attached hydrogen (secondary N) is 1. The van der Waals surface area contributed by atoms with Gasteiger partial charge in [-0.1, -0.05) is 11.3 Å². The number of carbonyl (C=O) groups is 1. The topological polar surface area (TPSA) is 125 Å². The van der Waals surface area contributed by atoms with Crippen molar-refractivity contribution < 1.29 is 9.53 Å². The fourth-order valence-corrected chi connectivity index (χ4v) is 7.32. The minimum atomic E-state index is -0.162. The molecule has 204 valence electrons. The van der Waals surface area contributed by atoms with E-state index in [0.29, 0.717) is 30.6 Å². The summed E-state index contributed by atoms with van der Waals surface area (Å²) in [4.78, 5) is 21.3. The van der Waals surface area contributed by atoms with Crippen LogP contribution in [0.25, 0.3) is 27.5 Å². The summed E-state index contributed by atoms with van der Waals surface area (Å²) in [5.74, 6) is 0.844. The molecule has 3 atom stereocenters. The zero-order chi connectivity index (χ0) is 27.4. The minimum Gasteiger partial charge on any atom is -0.448 e. The SMILES string of the molecule is CC(C)Nc1cc(-c2ccc3cc(C#N)cnn23)ncc1-c1nnc(N2C[C@H]3CC[C@@H](C2)[C@H]3N2CCOC2=O)s1. The number of aromatic nitrogens is 5. The van der Waals surface area contributed by atoms with Crippen LogP contribution in [0, 0.1) is 23.2 Å². The Morgan fingerprint density at radius 1 is 1.15 bits per heavy atom. The molecule has 0 spiro atoms. The number of cyclic esters (lactones) is 1. The predicted octanol–water partition coefficient (Wildman–Crippen LogP) is 4.27. The van der Waals surface area contributed by atoms with Crippen molar-refractivity contribution >= 4 is 33.8 Å². The van der Waals surface area contributed by atoms with Crippen LogP contribution < -0.4 is 10.2 Å². The molecule has 4 aromatic rings. The predicted molar refractivity (Wildman–Crippen MR) is 151 cm³/mol. The Labute approximate surface area is 235 Å². The van der Waals surface area contributed by atoms with E-state index in [0.717, 1.165) is 64.2 Å². The molecule has 0 radical (unpaired) electrons. The van der Waals surface area contributed by atoms with Gasteiger partial charge in [0.15, 0.2) is 5.01 Å². The smallest absolute Gasteiger partial charge is 0.410 e. The van der Waals surface area contributed by atoms with Crippen molar-refractivity contribution in [2.24, 2.45) is 11.8 Å². The Morgan fingerprint density at radius 2 is 1.98 bits per heavy atom. The third-order valence-corrected chi connectivity index (χ3v) is 9.11. The number of nitriles is 1. The van der Waals surface area contributed by atoms with Gasteiger partial charge in [-0.05, 0) is 62.8 Å². The van der Waals surface area contributed by atoms with Crippen molar-refractivity contribution in [3.8, 4) is 28.0 Å². The van der Waals surface area contributed by atoms with Gasteiger partial charge in [0, 0.05) is 37.1 Å². The first-order valence-electron chi connectivity index (χ1n) is 13.7. The zero-order valence-electron chi connectivity index (χ0n) is 22.3. The van der Waals surface area contributed by atoms with Crippen LogP contribution in [0.2, 0.25) is 0 Å². The summed E-state index contributed by atoms with van der Waals surface area (Å²) in [6.07, 6.45) is 5.49. The number of amides is 1. The van der Waals surface area contributed by atoms with Crippen LogP contribution in [0.1, 0.15) is 32.3 Å². The summed E-state index contributed by atoms with van der Waals surface area (Å²) in [6, 6.07) is 10.4. The molecule has 0 aromatic carbocycles. The Bertz CT molecular complexity index is 1630. The summed E-state index contributed by atoms with van der Waals surface area (Å²) < 4.78 is 7.03. The summed E-state index contributed by atoms with van der Waals surface area (Å²) in [7, 11) is 0. The molecule has 1 aliphatic carbocycles. The second kappa shape index (κ2) is 9.75. The molecule has 1 saturated carbocycles. The fourth-order valence-electron chi connectivity index (χ4n) is 6.44. The third-order valence-electron chi connectivity index (χ3n) is 8.09. The van der Waals surface area contributed by atoms with E-state index in [1.54, 1.807) is 22.0 Å². The molecule has 12 heteroatoms. The number of pyridine rings is 1. The lowest BCUT2D eigenvalue weighted by Gasteiger charge is -2.41. The lowest BCUT2D eigenvalue weighted by molar-refractivity contribution is 0.122. The summed E-state index contributed by atoms with van der Waals surface area (Å²) in [5.41, 5.74) is 4.80. The highest BCUT2D eigenvalue weighted by atomic mass is 32.1. The van der Waals surface area contributed by atoms with Crippen molar-refractivity contribution in [2.45, 2.75) is 38.8 Å². The first-order valence-corrected chi connectivity index (χ1v) is 14.5. The van der Waals surface area contributed by atoms with Crippen molar-refractivity contribution in [1.82, 2.24) is 29.7 Å². The van der Waals surface area contributed by atoms with E-state index in [9.17, 15) is 10.1 Å². The number of rotatable bonds is 6. The minimum absolute atomic E-state index is 0.162. The molecule has 1 amide bonds. The second-order valence-electron chi connectivity index (χ2n) is 11.0. The van der Waals surface area contributed by atoms with Gasteiger partial charge >= 0.3 is 6.09 Å². The highest BCUT2D eigenvalue weighted by molar-refractivity contribution is 7.18. The van der Waals surface area contributed by atoms with Crippen LogP contribution in [0.3, 0.4) is 0 Å². The maximum absolute atomic E-state index is 12.2. The summed E-state index contributed by atoms with van der Waals surface area (Å²) >= 11 is 1.58. The first kappa shape index (κ1) is 24.8. The molecule has 3 aliphatic rings. The van der Waals surface area contributed by atoms with Gasteiger partial charge in [0.2, 0.25) is 5.13 Å². The van der Waals surface area contributed by atoms with Gasteiger partial charge in [0.05, 0.1) is 40.8 Å². The van der Waals surface area contributed by atoms with Crippen LogP contribution in [0.5, 0.6) is 0 Å². The molecule has 0 unspecified atom stereocenters. The van der Waals surface area contributed by atoms with Gasteiger partial charge < -0.3 is 19.9 Å². The van der Waals surface area contributed by atoms with Crippen LogP contribution in [-0.4, -0.2) is 74.1 Å². The molecule has 2 bridgehead atoms. The average molecular weight is 556 g/mol. The molecule has 4 aromatic heterocycles. The van der Waals surface area contributed by atoms with E-state index in [2.05, 4.69) is 45.4 Å². The molecular weight excluding hydrogens is 526 g/mol. The molecule has 1 N–H and O–H groups in total. The van der Waals surface area contributed by atoms with Crippen LogP contribution in [-0.2, 0) is 4.74 Å². The van der Waals surface area contributed by atoms with Crippen LogP contribution in [0.4, 0.5) is 15.6 Å². The molecule has 40 heavy (non-hydrogen) atoms. The van der Waals surface area contributed by atoms with Gasteiger partial charge in [-0.2, -0.15) is 10.4 Å². The Hall–Kier alpha value is -4.24. The highest BCUT2D eigenvalue weighted by Crippen LogP contribution is 2.44. The van der Waals surface area contributed by atoms with Gasteiger partial charge in [0.25, 0.3) is 0 Å². The number of fused-ring (bicyclic) bond motifs is 3. The number of piperidine rings is 1. The van der Waals surface area contributed by atoms with Crippen molar-refractivity contribution in [3.05, 3.63) is 42.2 Å². The Kier molecular flexibility index (Phi) is 6.04. The fraction of sp³-hybridized carbons (Fsp3) is 0.429. The molecule has 11 nitrogen and oxygen atoms in total. The number of hydrogen-bond acceptors (Lipinski definition) is 10. The monoisotopic (exact) mass is 555 g/mol. The third kappa shape index (κ3) is 4.21. The number of nitrogens with zero attached hydrogens (tertiary/aromatic N) is 8. The highest BCUT2D eigenvalue weighted by Gasteiger charge is 2.48. The van der Waals surface area contributed by atoms with E-state index < -0.39 is 0 Å². The van der Waals surface area contributed by atoms with Gasteiger partial charge in [-0.25, -0.2) is 9.31 Å². The lowest BCUT2D eigenvalue weighted by Crippen LogP contribution is -2.53. The van der Waals surface area contributed by atoms with Gasteiger partial charge in [-0.15, -0.1) is 10.2 Å². The van der Waals surface area contributed by atoms with Crippen molar-refractivity contribution in [3.63, 3.8) is 0 Å². The van der Waals surface area contributed by atoms with Gasteiger partial charge in [0.1, 0.15) is 12.7 Å². The summed E-state index contributed by atoms with van der Waals surface area (Å²) in [5, 5.41) is 28.1. The molecule has 6 heterocycles. The van der Waals surface area contributed by atoms with Crippen LogP contribution in [0.15, 0.2) is 36.7 Å². The summed E-state index contributed by atoms with van der Waals surface area (Å²) in [6.45, 7) is 7.14. The average Bonchev–Trinajstić information content (AvgIpc) is 3.73. The van der Waals surface area contributed by atoms with Crippen molar-refractivity contribution in [2.75, 3.05) is 36.5 Å². The largest absolute Gasteiger partial charge is 0.448 e. The molecule has 3 fully saturated rings. The quantitative estimate of drug-likeness (QED) is 0.371. The maximum Gasteiger partial charge on any atom is 0.410 e. The number of anilines is 2. The van der Waals surface area contributed by atoms with Crippen molar-refractivity contribution in [1.29, 1.82) is 5.26 Å². The second-order valence-corrected chi connectivity index (χ2v) is 12.0. The zero-order valence-corrected chi connectivity index (χ0v) is 23.1. The molecule has 7 rings (SSSR count). The lowest BCUT2D eigenvalue weighted by atomic mass is 9.91. The number of hydrogen-bond donors (Lipinski definition) is 1. The van der Waals surface area contributed by atoms with E-state index >= 15 is 0 Å². The Morgan fingerprint density at radius 3 is 2.70 bits per heavy atom. The molecular formula is C28H29N9O2S. The first-order chi connectivity index (χ1) is 19.5. The van der Waals surface area contributed by atoms with Gasteiger partial charge in [-0.3, -0.25) is 4.98 Å². The van der Waals surface area contributed by atoms with E-state index in [1.165, 1.54) is 0 Å². The molecule has 2 saturated heterocycles. The number of ether oxygens (including phenoxy) is 1. The normalized spacial score (nSPS) is 22.2. The molecule has 2 aliphatic heterocycles. The van der Waals surface area contributed by atoms with Crippen LogP contribution >= 0.6 is 11.3 Å². The maximum atomic E-state index is 12.2. The van der Waals surface area contributed by atoms with E-state index in [-0.39, 0.29) is 18.2 Å². The standard InChI is InChI=1S/C28H29N9O2S/c1-16(2)32-22-10-23(24-6-5-20-9-17(11-29)12-31-37(20)24)30-13-21(22)26-33-34-27(40-26)35-14-18-3-4-19(15-35)25(18)36-7-8-39-28(36)38/h5-6,9-10,12-13,16,18-19,25H,3-4,7-8,14-15H2,1-2H3,(H,30,32)/t18-,19+,25+. The Balaban J connectivity index is 1.16. The number of carbonyl (C=O) groups excluding carboxylic acids is 1. The van der Waals surface area contributed by atoms with E-state index in [4.69, 9.17) is 9.72 Å². The van der Waals surface area contributed by atoms with E-state index in [1.807, 2.05) is 35.4 Å².